The van der Waals surface area contributed by atoms with Gasteiger partial charge in [0.15, 0.2) is 0 Å². The van der Waals surface area contributed by atoms with Crippen molar-refractivity contribution in [1.29, 1.82) is 0 Å². The van der Waals surface area contributed by atoms with E-state index in [0.717, 1.165) is 18.0 Å². The maximum Gasteiger partial charge on any atom is 0.419 e. The predicted molar refractivity (Wildman–Crippen MR) is 99.1 cm³/mol. The zero-order valence-electron chi connectivity index (χ0n) is 16.1. The first-order chi connectivity index (χ1) is 13.5. The van der Waals surface area contributed by atoms with Gasteiger partial charge in [-0.2, -0.15) is 13.2 Å². The van der Waals surface area contributed by atoms with Gasteiger partial charge in [-0.25, -0.2) is 14.8 Å². The van der Waals surface area contributed by atoms with Crippen LogP contribution in [0.2, 0.25) is 0 Å². The molecule has 0 radical (unpaired) electrons. The summed E-state index contributed by atoms with van der Waals surface area (Å²) in [6, 6.07) is 5.03. The van der Waals surface area contributed by atoms with E-state index < -0.39 is 23.4 Å². The van der Waals surface area contributed by atoms with Crippen LogP contribution in [0.25, 0.3) is 0 Å². The molecule has 3 rings (SSSR count). The number of benzene rings is 1. The summed E-state index contributed by atoms with van der Waals surface area (Å²) >= 11 is 0. The lowest BCUT2D eigenvalue weighted by Gasteiger charge is -2.28. The molecular formula is C19H21F3N4O3. The van der Waals surface area contributed by atoms with Crippen molar-refractivity contribution in [2.75, 3.05) is 11.9 Å². The van der Waals surface area contributed by atoms with Crippen LogP contribution < -0.4 is 15.4 Å². The number of rotatable bonds is 3. The monoisotopic (exact) mass is 410 g/mol. The average molecular weight is 410 g/mol. The molecule has 1 aliphatic heterocycles. The number of carbonyl (C=O) groups is 1. The maximum atomic E-state index is 12.6. The molecule has 0 spiro atoms. The predicted octanol–water partition coefficient (Wildman–Crippen LogP) is 4.07. The number of aromatic nitrogens is 2. The van der Waals surface area contributed by atoms with Crippen molar-refractivity contribution in [2.45, 2.75) is 45.0 Å². The maximum absolute atomic E-state index is 12.6. The lowest BCUT2D eigenvalue weighted by molar-refractivity contribution is -0.138. The van der Waals surface area contributed by atoms with E-state index in [9.17, 15) is 18.0 Å². The highest BCUT2D eigenvalue weighted by atomic mass is 19.4. The van der Waals surface area contributed by atoms with Crippen molar-refractivity contribution >= 4 is 17.7 Å². The number of ether oxygens (including phenoxy) is 2. The van der Waals surface area contributed by atoms with Crippen molar-refractivity contribution in [1.82, 2.24) is 15.3 Å². The normalized spacial score (nSPS) is 16.4. The molecule has 1 aromatic heterocycles. The molecule has 0 saturated heterocycles. The number of anilines is 2. The Morgan fingerprint density at radius 3 is 2.52 bits per heavy atom. The van der Waals surface area contributed by atoms with Crippen molar-refractivity contribution in [3.05, 3.63) is 41.7 Å². The van der Waals surface area contributed by atoms with Gasteiger partial charge in [0.2, 0.25) is 5.95 Å². The number of fused-ring (bicyclic) bond motifs is 1. The Morgan fingerprint density at radius 2 is 1.90 bits per heavy atom. The Morgan fingerprint density at radius 1 is 1.21 bits per heavy atom. The standard InChI is InChI=1S/C19H21F3N4O3/c1-18(2,3)29-17(27)26-14-6-11-4-5-13(7-15(11)28-10-14)25-16-23-8-12(9-24-16)19(20,21)22/h4-5,7-9,14H,6,10H2,1-3H3,(H,26,27)(H,23,24,25)/t14-/m1/s1. The summed E-state index contributed by atoms with van der Waals surface area (Å²) in [6.07, 6.45) is -2.99. The van der Waals surface area contributed by atoms with E-state index in [4.69, 9.17) is 9.47 Å². The summed E-state index contributed by atoms with van der Waals surface area (Å²) < 4.78 is 48.7. The van der Waals surface area contributed by atoms with Gasteiger partial charge < -0.3 is 20.1 Å². The summed E-state index contributed by atoms with van der Waals surface area (Å²) in [5.74, 6) is 0.655. The zero-order valence-corrected chi connectivity index (χ0v) is 16.1. The number of halogens is 3. The number of amides is 1. The molecule has 29 heavy (non-hydrogen) atoms. The van der Waals surface area contributed by atoms with Gasteiger partial charge in [-0.15, -0.1) is 0 Å². The van der Waals surface area contributed by atoms with Gasteiger partial charge in [-0.05, 0) is 38.8 Å². The molecule has 156 valence electrons. The highest BCUT2D eigenvalue weighted by Crippen LogP contribution is 2.30. The Labute approximate surface area is 165 Å². The highest BCUT2D eigenvalue weighted by molar-refractivity contribution is 5.68. The summed E-state index contributed by atoms with van der Waals surface area (Å²) in [5, 5.41) is 5.62. The van der Waals surface area contributed by atoms with E-state index in [-0.39, 0.29) is 18.6 Å². The van der Waals surface area contributed by atoms with Gasteiger partial charge in [0.1, 0.15) is 18.0 Å². The number of alkyl carbamates (subject to hydrolysis) is 1. The minimum Gasteiger partial charge on any atom is -0.491 e. The number of hydrogen-bond acceptors (Lipinski definition) is 6. The van der Waals surface area contributed by atoms with Crippen LogP contribution in [0.5, 0.6) is 5.75 Å². The van der Waals surface area contributed by atoms with Gasteiger partial charge in [0.25, 0.3) is 0 Å². The molecule has 2 aromatic rings. The van der Waals surface area contributed by atoms with Crippen LogP contribution in [0, 0.1) is 0 Å². The molecule has 2 heterocycles. The van der Waals surface area contributed by atoms with E-state index in [0.29, 0.717) is 17.9 Å². The van der Waals surface area contributed by atoms with Crippen molar-refractivity contribution in [3.8, 4) is 5.75 Å². The molecular weight excluding hydrogens is 389 g/mol. The second-order valence-corrected chi connectivity index (χ2v) is 7.60. The van der Waals surface area contributed by atoms with Gasteiger partial charge in [-0.1, -0.05) is 6.07 Å². The first-order valence-corrected chi connectivity index (χ1v) is 8.91. The molecule has 0 saturated carbocycles. The van der Waals surface area contributed by atoms with Crippen LogP contribution >= 0.6 is 0 Å². The van der Waals surface area contributed by atoms with Gasteiger partial charge in [-0.3, -0.25) is 0 Å². The molecule has 1 aromatic carbocycles. The third-order valence-corrected chi connectivity index (χ3v) is 3.93. The average Bonchev–Trinajstić information content (AvgIpc) is 2.60. The summed E-state index contributed by atoms with van der Waals surface area (Å²) in [7, 11) is 0. The lowest BCUT2D eigenvalue weighted by Crippen LogP contribution is -2.44. The van der Waals surface area contributed by atoms with E-state index in [2.05, 4.69) is 20.6 Å². The zero-order chi connectivity index (χ0) is 21.2. The Hall–Kier alpha value is -3.04. The molecule has 1 amide bonds. The molecule has 0 bridgehead atoms. The lowest BCUT2D eigenvalue weighted by atomic mass is 10.0. The van der Waals surface area contributed by atoms with E-state index in [1.165, 1.54) is 0 Å². The minimum atomic E-state index is -4.48. The molecule has 7 nitrogen and oxygen atoms in total. The van der Waals surface area contributed by atoms with Crippen LogP contribution in [-0.2, 0) is 17.3 Å². The SMILES string of the molecule is CC(C)(C)OC(=O)N[C@H]1COc2cc(Nc3ncc(C(F)(F)F)cn3)ccc2C1. The molecule has 1 aliphatic rings. The van der Waals surface area contributed by atoms with E-state index in [1.807, 2.05) is 6.07 Å². The first kappa shape index (κ1) is 20.7. The second-order valence-electron chi connectivity index (χ2n) is 7.60. The smallest absolute Gasteiger partial charge is 0.419 e. The molecule has 0 fully saturated rings. The summed E-state index contributed by atoms with van der Waals surface area (Å²) in [6.45, 7) is 5.63. The highest BCUT2D eigenvalue weighted by Gasteiger charge is 2.31. The Balaban J connectivity index is 1.62. The number of hydrogen-bond donors (Lipinski definition) is 2. The topological polar surface area (TPSA) is 85.4 Å². The van der Waals surface area contributed by atoms with Gasteiger partial charge in [0.05, 0.1) is 11.6 Å². The number of nitrogens with one attached hydrogen (secondary N) is 2. The third kappa shape index (κ3) is 5.72. The molecule has 0 aliphatic carbocycles. The van der Waals surface area contributed by atoms with E-state index in [1.54, 1.807) is 32.9 Å². The molecule has 10 heteroatoms. The fraction of sp³-hybridized carbons (Fsp3) is 0.421. The van der Waals surface area contributed by atoms with Crippen molar-refractivity contribution in [3.63, 3.8) is 0 Å². The molecule has 2 N–H and O–H groups in total. The van der Waals surface area contributed by atoms with Crippen LogP contribution in [0.1, 0.15) is 31.9 Å². The van der Waals surface area contributed by atoms with Crippen LogP contribution in [0.3, 0.4) is 0 Å². The fourth-order valence-electron chi connectivity index (χ4n) is 2.69. The second kappa shape index (κ2) is 7.76. The largest absolute Gasteiger partial charge is 0.491 e. The van der Waals surface area contributed by atoms with Gasteiger partial charge in [0, 0.05) is 24.1 Å². The first-order valence-electron chi connectivity index (χ1n) is 8.91. The van der Waals surface area contributed by atoms with Crippen molar-refractivity contribution in [2.24, 2.45) is 0 Å². The van der Waals surface area contributed by atoms with Crippen LogP contribution in [0.4, 0.5) is 29.6 Å². The third-order valence-electron chi connectivity index (χ3n) is 3.93. The number of carbonyl (C=O) groups excluding carboxylic acids is 1. The van der Waals surface area contributed by atoms with Crippen LogP contribution in [0.15, 0.2) is 30.6 Å². The Bertz CT molecular complexity index is 880. The Kier molecular flexibility index (Phi) is 5.54. The number of alkyl halides is 3. The summed E-state index contributed by atoms with van der Waals surface area (Å²) in [5.41, 5.74) is -0.0445. The fourth-order valence-corrected chi connectivity index (χ4v) is 2.69. The molecule has 0 unspecified atom stereocenters. The van der Waals surface area contributed by atoms with Gasteiger partial charge >= 0.3 is 12.3 Å². The molecule has 1 atom stereocenters. The van der Waals surface area contributed by atoms with Crippen LogP contribution in [-0.4, -0.2) is 34.3 Å². The number of nitrogens with zero attached hydrogens (tertiary/aromatic N) is 2. The van der Waals surface area contributed by atoms with E-state index >= 15 is 0 Å². The summed E-state index contributed by atoms with van der Waals surface area (Å²) in [4.78, 5) is 19.3. The van der Waals surface area contributed by atoms with Crippen molar-refractivity contribution < 1.29 is 27.4 Å². The minimum absolute atomic E-state index is 0.0400. The quantitative estimate of drug-likeness (QED) is 0.794.